The van der Waals surface area contributed by atoms with E-state index < -0.39 is 5.91 Å². The second kappa shape index (κ2) is 6.34. The molecular formula is C17H17ClN6O. The predicted octanol–water partition coefficient (Wildman–Crippen LogP) is 1.92. The fourth-order valence-corrected chi connectivity index (χ4v) is 3.10. The van der Waals surface area contributed by atoms with Crippen LogP contribution in [0, 0.1) is 0 Å². The summed E-state index contributed by atoms with van der Waals surface area (Å²) in [6.45, 7) is 1.85. The van der Waals surface area contributed by atoms with Gasteiger partial charge in [0, 0.05) is 35.6 Å². The summed E-state index contributed by atoms with van der Waals surface area (Å²) in [6.07, 6.45) is 4.34. The summed E-state index contributed by atoms with van der Waals surface area (Å²) in [6, 6.07) is 7.66. The van der Waals surface area contributed by atoms with E-state index in [-0.39, 0.29) is 11.6 Å². The van der Waals surface area contributed by atoms with Gasteiger partial charge in [-0.2, -0.15) is 0 Å². The predicted molar refractivity (Wildman–Crippen MR) is 96.8 cm³/mol. The highest BCUT2D eigenvalue weighted by Crippen LogP contribution is 2.24. The van der Waals surface area contributed by atoms with Crippen molar-refractivity contribution in [1.82, 2.24) is 19.7 Å². The minimum Gasteiger partial charge on any atom is -0.365 e. The minimum absolute atomic E-state index is 0.287. The summed E-state index contributed by atoms with van der Waals surface area (Å²) in [5, 5.41) is 7.36. The molecule has 0 spiro atoms. The standard InChI is InChI=1S/C17H17ClN6O/c18-11-3-1-10(2-4-11)14-9-24-16(23-14)13(15(19)25)8-21-17(24)22-12-5-6-20-7-12/h1-4,8-9,12,20H,5-7H2,(H2,19,25)(H,21,22)/t12-/m1/s1. The highest BCUT2D eigenvalue weighted by atomic mass is 35.5. The Morgan fingerprint density at radius 1 is 1.36 bits per heavy atom. The number of imidazole rings is 1. The Morgan fingerprint density at radius 2 is 2.16 bits per heavy atom. The van der Waals surface area contributed by atoms with Crippen LogP contribution in [0.5, 0.6) is 0 Å². The minimum atomic E-state index is -0.556. The second-order valence-corrected chi connectivity index (χ2v) is 6.46. The van der Waals surface area contributed by atoms with Crippen LogP contribution < -0.4 is 16.4 Å². The molecule has 1 amide bonds. The summed E-state index contributed by atoms with van der Waals surface area (Å²) in [4.78, 5) is 20.7. The van der Waals surface area contributed by atoms with Crippen molar-refractivity contribution in [3.8, 4) is 11.3 Å². The Morgan fingerprint density at radius 3 is 2.84 bits per heavy atom. The molecule has 0 bridgehead atoms. The second-order valence-electron chi connectivity index (χ2n) is 6.02. The lowest BCUT2D eigenvalue weighted by atomic mass is 10.2. The largest absolute Gasteiger partial charge is 0.365 e. The smallest absolute Gasteiger partial charge is 0.254 e. The molecule has 2 aromatic heterocycles. The maximum Gasteiger partial charge on any atom is 0.254 e. The van der Waals surface area contributed by atoms with Crippen molar-refractivity contribution in [2.45, 2.75) is 12.5 Å². The van der Waals surface area contributed by atoms with E-state index in [0.717, 1.165) is 30.8 Å². The molecule has 128 valence electrons. The van der Waals surface area contributed by atoms with Crippen LogP contribution in [0.2, 0.25) is 5.02 Å². The van der Waals surface area contributed by atoms with Crippen LogP contribution in [0.4, 0.5) is 5.95 Å². The first kappa shape index (κ1) is 15.9. The van der Waals surface area contributed by atoms with E-state index >= 15 is 0 Å². The number of hydrogen-bond donors (Lipinski definition) is 3. The summed E-state index contributed by atoms with van der Waals surface area (Å²) in [5.41, 5.74) is 7.88. The number of nitrogens with one attached hydrogen (secondary N) is 2. The van der Waals surface area contributed by atoms with Crippen LogP contribution in [0.15, 0.2) is 36.7 Å². The van der Waals surface area contributed by atoms with Crippen LogP contribution in [-0.4, -0.2) is 39.4 Å². The highest BCUT2D eigenvalue weighted by Gasteiger charge is 2.19. The van der Waals surface area contributed by atoms with Crippen molar-refractivity contribution in [1.29, 1.82) is 0 Å². The zero-order valence-corrected chi connectivity index (χ0v) is 14.1. The van der Waals surface area contributed by atoms with Gasteiger partial charge in [0.1, 0.15) is 5.56 Å². The quantitative estimate of drug-likeness (QED) is 0.663. The van der Waals surface area contributed by atoms with Gasteiger partial charge in [-0.05, 0) is 25.1 Å². The molecule has 3 aromatic rings. The Hall–Kier alpha value is -2.64. The first-order chi connectivity index (χ1) is 12.1. The van der Waals surface area contributed by atoms with Crippen LogP contribution in [0.3, 0.4) is 0 Å². The Labute approximate surface area is 149 Å². The van der Waals surface area contributed by atoms with Crippen molar-refractivity contribution in [3.05, 3.63) is 47.2 Å². The van der Waals surface area contributed by atoms with Crippen LogP contribution in [0.25, 0.3) is 16.9 Å². The van der Waals surface area contributed by atoms with Crippen LogP contribution >= 0.6 is 11.6 Å². The van der Waals surface area contributed by atoms with Gasteiger partial charge >= 0.3 is 0 Å². The summed E-state index contributed by atoms with van der Waals surface area (Å²) >= 11 is 5.95. The SMILES string of the molecule is NC(=O)c1cnc(N[C@@H]2CCNC2)n2cc(-c3ccc(Cl)cc3)nc12. The highest BCUT2D eigenvalue weighted by molar-refractivity contribution is 6.30. The number of amides is 1. The average Bonchev–Trinajstić information content (AvgIpc) is 3.25. The number of anilines is 1. The number of fused-ring (bicyclic) bond motifs is 1. The molecule has 8 heteroatoms. The van der Waals surface area contributed by atoms with Gasteiger partial charge in [0.05, 0.1) is 5.69 Å². The van der Waals surface area contributed by atoms with Crippen molar-refractivity contribution < 1.29 is 4.79 Å². The lowest BCUT2D eigenvalue weighted by molar-refractivity contribution is 0.100. The van der Waals surface area contributed by atoms with Crippen LogP contribution in [0.1, 0.15) is 16.8 Å². The zero-order valence-electron chi connectivity index (χ0n) is 13.4. The molecule has 3 heterocycles. The number of halogens is 1. The summed E-state index contributed by atoms with van der Waals surface area (Å²) in [7, 11) is 0. The molecule has 0 unspecified atom stereocenters. The third-order valence-corrected chi connectivity index (χ3v) is 4.54. The van der Waals surface area contributed by atoms with Crippen molar-refractivity contribution in [3.63, 3.8) is 0 Å². The molecule has 4 N–H and O–H groups in total. The van der Waals surface area contributed by atoms with Crippen molar-refractivity contribution >= 4 is 29.1 Å². The molecule has 0 radical (unpaired) electrons. The molecule has 1 atom stereocenters. The molecule has 1 saturated heterocycles. The molecule has 1 aliphatic rings. The lowest BCUT2D eigenvalue weighted by Crippen LogP contribution is -2.24. The number of rotatable bonds is 4. The number of benzene rings is 1. The fourth-order valence-electron chi connectivity index (χ4n) is 2.98. The number of nitrogens with two attached hydrogens (primary N) is 1. The first-order valence-electron chi connectivity index (χ1n) is 8.03. The van der Waals surface area contributed by atoms with E-state index in [1.54, 1.807) is 16.5 Å². The van der Waals surface area contributed by atoms with E-state index in [1.807, 2.05) is 18.3 Å². The van der Waals surface area contributed by atoms with Gasteiger partial charge in [-0.25, -0.2) is 9.97 Å². The molecule has 4 rings (SSSR count). The van der Waals surface area contributed by atoms with Gasteiger partial charge in [0.25, 0.3) is 5.91 Å². The Balaban J connectivity index is 1.82. The molecule has 1 aliphatic heterocycles. The third kappa shape index (κ3) is 3.04. The number of aromatic nitrogens is 3. The van der Waals surface area contributed by atoms with E-state index in [4.69, 9.17) is 17.3 Å². The number of carbonyl (C=O) groups is 1. The maximum atomic E-state index is 11.7. The van der Waals surface area contributed by atoms with Gasteiger partial charge < -0.3 is 16.4 Å². The number of hydrogen-bond acceptors (Lipinski definition) is 5. The van der Waals surface area contributed by atoms with Gasteiger partial charge in [-0.3, -0.25) is 9.20 Å². The van der Waals surface area contributed by atoms with Crippen LogP contribution in [-0.2, 0) is 0 Å². The molecular weight excluding hydrogens is 340 g/mol. The molecule has 0 saturated carbocycles. The van der Waals surface area contributed by atoms with Gasteiger partial charge in [-0.15, -0.1) is 0 Å². The molecule has 25 heavy (non-hydrogen) atoms. The number of nitrogens with zero attached hydrogens (tertiary/aromatic N) is 3. The molecule has 1 fully saturated rings. The fraction of sp³-hybridized carbons (Fsp3) is 0.235. The van der Waals surface area contributed by atoms with E-state index in [0.29, 0.717) is 16.6 Å². The van der Waals surface area contributed by atoms with E-state index in [9.17, 15) is 4.79 Å². The van der Waals surface area contributed by atoms with E-state index in [2.05, 4.69) is 20.6 Å². The zero-order chi connectivity index (χ0) is 17.4. The number of carbonyl (C=O) groups excluding carboxylic acids is 1. The first-order valence-corrected chi connectivity index (χ1v) is 8.41. The van der Waals surface area contributed by atoms with Gasteiger partial charge in [-0.1, -0.05) is 23.7 Å². The van der Waals surface area contributed by atoms with Crippen molar-refractivity contribution in [2.75, 3.05) is 18.4 Å². The lowest BCUT2D eigenvalue weighted by Gasteiger charge is -2.13. The third-order valence-electron chi connectivity index (χ3n) is 4.29. The topological polar surface area (TPSA) is 97.3 Å². The van der Waals surface area contributed by atoms with Crippen molar-refractivity contribution in [2.24, 2.45) is 5.73 Å². The summed E-state index contributed by atoms with van der Waals surface area (Å²) in [5.74, 6) is 0.0845. The summed E-state index contributed by atoms with van der Waals surface area (Å²) < 4.78 is 1.78. The van der Waals surface area contributed by atoms with Gasteiger partial charge in [0.2, 0.25) is 5.95 Å². The molecule has 1 aromatic carbocycles. The van der Waals surface area contributed by atoms with Gasteiger partial charge in [0.15, 0.2) is 5.65 Å². The monoisotopic (exact) mass is 356 g/mol. The Kier molecular flexibility index (Phi) is 4.03. The molecule has 7 nitrogen and oxygen atoms in total. The molecule has 0 aliphatic carbocycles. The average molecular weight is 357 g/mol. The maximum absolute atomic E-state index is 11.7. The Bertz CT molecular complexity index is 930. The number of primary amides is 1. The van der Waals surface area contributed by atoms with E-state index in [1.165, 1.54) is 6.20 Å². The normalized spacial score (nSPS) is 17.1.